The van der Waals surface area contributed by atoms with Gasteiger partial charge in [-0.05, 0) is 35.0 Å². The van der Waals surface area contributed by atoms with Crippen molar-refractivity contribution in [3.8, 4) is 5.75 Å². The summed E-state index contributed by atoms with van der Waals surface area (Å²) < 4.78 is 5.23. The molecule has 1 amide bonds. The first-order chi connectivity index (χ1) is 12.3. The molecule has 0 radical (unpaired) electrons. The maximum Gasteiger partial charge on any atom is 0.259 e. The van der Waals surface area contributed by atoms with Crippen molar-refractivity contribution in [1.82, 2.24) is 5.43 Å². The Kier molecular flexibility index (Phi) is 5.26. The second-order valence-electron chi connectivity index (χ2n) is 5.45. The van der Waals surface area contributed by atoms with Crippen LogP contribution in [-0.2, 0) is 4.79 Å². The van der Waals surface area contributed by atoms with E-state index in [2.05, 4.69) is 21.9 Å². The molecule has 3 aromatic carbocycles. The minimum absolute atomic E-state index is 0.140. The third kappa shape index (κ3) is 4.35. The number of rotatable bonds is 6. The predicted octanol–water partition coefficient (Wildman–Crippen LogP) is 3.41. The van der Waals surface area contributed by atoms with Crippen LogP contribution in [0.15, 0.2) is 71.8 Å². The molecule has 5 nitrogen and oxygen atoms in total. The first-order valence-corrected chi connectivity index (χ1v) is 7.94. The number of methoxy groups -OCH3 is 1. The van der Waals surface area contributed by atoms with Gasteiger partial charge in [-0.15, -0.1) is 0 Å². The first-order valence-electron chi connectivity index (χ1n) is 7.94. The molecular weight excluding hydrogens is 314 g/mol. The fourth-order valence-corrected chi connectivity index (χ4v) is 2.47. The lowest BCUT2D eigenvalue weighted by Gasteiger charge is -2.07. The summed E-state index contributed by atoms with van der Waals surface area (Å²) in [5, 5.41) is 9.36. The number of hydrogen-bond donors (Lipinski definition) is 2. The van der Waals surface area contributed by atoms with Gasteiger partial charge in [0.25, 0.3) is 5.91 Å². The summed E-state index contributed by atoms with van der Waals surface area (Å²) in [6, 6.07) is 21.5. The van der Waals surface area contributed by atoms with Gasteiger partial charge in [-0.3, -0.25) is 4.79 Å². The van der Waals surface area contributed by atoms with Gasteiger partial charge in [0.05, 0.1) is 19.9 Å². The minimum atomic E-state index is -0.223. The van der Waals surface area contributed by atoms with Gasteiger partial charge in [-0.2, -0.15) is 5.10 Å². The van der Waals surface area contributed by atoms with Crippen molar-refractivity contribution in [3.63, 3.8) is 0 Å². The number of anilines is 1. The number of carbonyl (C=O) groups excluding carboxylic acids is 1. The van der Waals surface area contributed by atoms with Crippen LogP contribution in [0.25, 0.3) is 10.8 Å². The van der Waals surface area contributed by atoms with Crippen LogP contribution in [0, 0.1) is 0 Å². The van der Waals surface area contributed by atoms with E-state index in [-0.39, 0.29) is 12.5 Å². The number of fused-ring (bicyclic) bond motifs is 1. The molecule has 0 aromatic heterocycles. The van der Waals surface area contributed by atoms with Crippen LogP contribution in [0.2, 0.25) is 0 Å². The molecule has 0 saturated carbocycles. The number of hydrogen-bond acceptors (Lipinski definition) is 4. The van der Waals surface area contributed by atoms with Gasteiger partial charge in [-0.25, -0.2) is 5.43 Å². The van der Waals surface area contributed by atoms with Crippen LogP contribution in [0.5, 0.6) is 5.75 Å². The summed E-state index contributed by atoms with van der Waals surface area (Å²) in [7, 11) is 1.60. The van der Waals surface area contributed by atoms with Gasteiger partial charge in [0.15, 0.2) is 0 Å². The molecule has 126 valence electrons. The van der Waals surface area contributed by atoms with Crippen molar-refractivity contribution < 1.29 is 9.53 Å². The zero-order valence-electron chi connectivity index (χ0n) is 13.9. The summed E-state index contributed by atoms with van der Waals surface area (Å²) >= 11 is 0. The highest BCUT2D eigenvalue weighted by Gasteiger charge is 2.01. The van der Waals surface area contributed by atoms with Crippen molar-refractivity contribution in [2.45, 2.75) is 0 Å². The van der Waals surface area contributed by atoms with Gasteiger partial charge in [-0.1, -0.05) is 42.5 Å². The second kappa shape index (κ2) is 7.97. The van der Waals surface area contributed by atoms with Gasteiger partial charge in [0, 0.05) is 11.3 Å². The average Bonchev–Trinajstić information content (AvgIpc) is 2.66. The van der Waals surface area contributed by atoms with Crippen LogP contribution >= 0.6 is 0 Å². The third-order valence-corrected chi connectivity index (χ3v) is 3.73. The lowest BCUT2D eigenvalue weighted by molar-refractivity contribution is -0.119. The zero-order chi connectivity index (χ0) is 17.5. The zero-order valence-corrected chi connectivity index (χ0v) is 13.9. The van der Waals surface area contributed by atoms with Gasteiger partial charge >= 0.3 is 0 Å². The minimum Gasteiger partial charge on any atom is -0.496 e. The number of carbonyl (C=O) groups is 1. The van der Waals surface area contributed by atoms with Crippen LogP contribution in [0.3, 0.4) is 0 Å². The first kappa shape index (κ1) is 16.5. The molecule has 0 spiro atoms. The summed E-state index contributed by atoms with van der Waals surface area (Å²) in [5.74, 6) is 0.481. The number of nitrogens with one attached hydrogen (secondary N) is 2. The van der Waals surface area contributed by atoms with Gasteiger partial charge < -0.3 is 10.1 Å². The summed E-state index contributed by atoms with van der Waals surface area (Å²) in [4.78, 5) is 11.9. The molecule has 3 rings (SSSR count). The fourth-order valence-electron chi connectivity index (χ4n) is 2.47. The Balaban J connectivity index is 1.54. The molecule has 0 bridgehead atoms. The van der Waals surface area contributed by atoms with E-state index in [1.807, 2.05) is 60.7 Å². The van der Waals surface area contributed by atoms with Gasteiger partial charge in [0.1, 0.15) is 5.75 Å². The molecule has 0 unspecified atom stereocenters. The second-order valence-corrected chi connectivity index (χ2v) is 5.45. The summed E-state index contributed by atoms with van der Waals surface area (Å²) in [6.45, 7) is 0.140. The fraction of sp³-hybridized carbons (Fsp3) is 0.100. The molecule has 25 heavy (non-hydrogen) atoms. The van der Waals surface area contributed by atoms with Gasteiger partial charge in [0.2, 0.25) is 0 Å². The number of para-hydroxylation sites is 1. The highest BCUT2D eigenvalue weighted by molar-refractivity contribution is 5.88. The third-order valence-electron chi connectivity index (χ3n) is 3.73. The Labute approximate surface area is 146 Å². The van der Waals surface area contributed by atoms with Crippen LogP contribution in [0.4, 0.5) is 5.69 Å². The highest BCUT2D eigenvalue weighted by Crippen LogP contribution is 2.18. The topological polar surface area (TPSA) is 62.7 Å². The van der Waals surface area contributed by atoms with E-state index in [4.69, 9.17) is 4.74 Å². The number of ether oxygens (including phenoxy) is 1. The standard InChI is InChI=1S/C20H19N3O2/c1-25-19-9-5-4-8-17(19)13-22-23-20(24)14-21-18-11-10-15-6-2-3-7-16(15)12-18/h2-13,21H,14H2,1H3,(H,23,24). The van der Waals surface area contributed by atoms with E-state index >= 15 is 0 Å². The molecule has 0 saturated heterocycles. The monoisotopic (exact) mass is 333 g/mol. The van der Waals surface area contributed by atoms with Crippen molar-refractivity contribution in [2.75, 3.05) is 19.0 Å². The normalized spacial score (nSPS) is 10.8. The molecule has 0 aliphatic rings. The van der Waals surface area contributed by atoms with E-state index in [9.17, 15) is 4.79 Å². The quantitative estimate of drug-likeness (QED) is 0.537. The van der Waals surface area contributed by atoms with E-state index in [0.29, 0.717) is 5.75 Å². The number of benzene rings is 3. The van der Waals surface area contributed by atoms with E-state index < -0.39 is 0 Å². The van der Waals surface area contributed by atoms with Crippen LogP contribution < -0.4 is 15.5 Å². The van der Waals surface area contributed by atoms with Crippen LogP contribution in [-0.4, -0.2) is 25.8 Å². The maximum atomic E-state index is 11.9. The predicted molar refractivity (Wildman–Crippen MR) is 101 cm³/mol. The van der Waals surface area contributed by atoms with Crippen molar-refractivity contribution in [1.29, 1.82) is 0 Å². The largest absolute Gasteiger partial charge is 0.496 e. The number of nitrogens with zero attached hydrogens (tertiary/aromatic N) is 1. The molecule has 0 heterocycles. The Bertz CT molecular complexity index is 906. The Morgan fingerprint density at radius 3 is 2.64 bits per heavy atom. The molecule has 0 fully saturated rings. The Hall–Kier alpha value is -3.34. The highest BCUT2D eigenvalue weighted by atomic mass is 16.5. The summed E-state index contributed by atoms with van der Waals surface area (Å²) in [6.07, 6.45) is 1.56. The van der Waals surface area contributed by atoms with E-state index in [1.54, 1.807) is 13.3 Å². The maximum absolute atomic E-state index is 11.9. The lowest BCUT2D eigenvalue weighted by atomic mass is 10.1. The molecular formula is C20H19N3O2. The molecule has 3 aromatic rings. The van der Waals surface area contributed by atoms with Crippen molar-refractivity contribution in [3.05, 3.63) is 72.3 Å². The molecule has 0 aliphatic heterocycles. The Morgan fingerprint density at radius 1 is 1.04 bits per heavy atom. The molecule has 0 atom stereocenters. The average molecular weight is 333 g/mol. The van der Waals surface area contributed by atoms with Crippen molar-refractivity contribution >= 4 is 28.6 Å². The molecule has 2 N–H and O–H groups in total. The Morgan fingerprint density at radius 2 is 1.80 bits per heavy atom. The summed E-state index contributed by atoms with van der Waals surface area (Å²) in [5.41, 5.74) is 4.19. The molecule has 0 aliphatic carbocycles. The van der Waals surface area contributed by atoms with E-state index in [1.165, 1.54) is 5.39 Å². The number of amides is 1. The SMILES string of the molecule is COc1ccccc1C=NNC(=O)CNc1ccc2ccccc2c1. The van der Waals surface area contributed by atoms with Crippen molar-refractivity contribution in [2.24, 2.45) is 5.10 Å². The molecule has 5 heteroatoms. The number of hydrazone groups is 1. The lowest BCUT2D eigenvalue weighted by Crippen LogP contribution is -2.25. The van der Waals surface area contributed by atoms with Crippen LogP contribution in [0.1, 0.15) is 5.56 Å². The van der Waals surface area contributed by atoms with E-state index in [0.717, 1.165) is 16.6 Å². The smallest absolute Gasteiger partial charge is 0.259 e.